The Morgan fingerprint density at radius 3 is 1.96 bits per heavy atom. The van der Waals surface area contributed by atoms with Gasteiger partial charge < -0.3 is 24.4 Å². The number of aromatic hydroxyl groups is 1. The van der Waals surface area contributed by atoms with Gasteiger partial charge in [-0.25, -0.2) is 0 Å². The van der Waals surface area contributed by atoms with Gasteiger partial charge in [-0.3, -0.25) is 24.1 Å². The molecule has 0 saturated carbocycles. The lowest BCUT2D eigenvalue weighted by Gasteiger charge is -2.28. The number of methoxy groups -OCH3 is 1. The number of quaternary nitrogens is 1. The van der Waals surface area contributed by atoms with Crippen LogP contribution in [0.4, 0.5) is 0 Å². The van der Waals surface area contributed by atoms with Crippen LogP contribution in [-0.4, -0.2) is 44.4 Å². The van der Waals surface area contributed by atoms with E-state index in [1.54, 1.807) is 43.5 Å². The Hall–Kier alpha value is -4.78. The van der Waals surface area contributed by atoms with Gasteiger partial charge in [0.05, 0.1) is 37.4 Å². The molecule has 0 bridgehead atoms. The fourth-order valence-corrected chi connectivity index (χ4v) is 6.93. The van der Waals surface area contributed by atoms with Crippen molar-refractivity contribution in [2.24, 2.45) is 0 Å². The zero-order chi connectivity index (χ0) is 33.4. The van der Waals surface area contributed by atoms with E-state index in [1.807, 2.05) is 44.2 Å². The van der Waals surface area contributed by atoms with E-state index in [9.17, 15) is 19.8 Å². The number of hydrogen-bond donors (Lipinski definition) is 4. The van der Waals surface area contributed by atoms with Crippen LogP contribution in [0.2, 0.25) is 0 Å². The van der Waals surface area contributed by atoms with Gasteiger partial charge in [0.25, 0.3) is 11.1 Å². The molecule has 1 aliphatic heterocycles. The summed E-state index contributed by atoms with van der Waals surface area (Å²) < 4.78 is 8.13. The van der Waals surface area contributed by atoms with Crippen LogP contribution in [0.25, 0.3) is 11.4 Å². The smallest absolute Gasteiger partial charge is 0.259 e. The van der Waals surface area contributed by atoms with E-state index in [0.29, 0.717) is 29.2 Å². The number of aryl methyl sites for hydroxylation is 2. The summed E-state index contributed by atoms with van der Waals surface area (Å²) in [6.07, 6.45) is 2.24. The zero-order valence-corrected chi connectivity index (χ0v) is 27.9. The van der Waals surface area contributed by atoms with E-state index < -0.39 is 28.8 Å². The lowest BCUT2D eigenvalue weighted by molar-refractivity contribution is -0.901. The number of aromatic nitrogens is 4. The van der Waals surface area contributed by atoms with Gasteiger partial charge in [-0.15, -0.1) is 0 Å². The molecule has 1 saturated heterocycles. The molecular formula is C35H35N5O5S2. The number of ether oxygens (including phenoxy) is 1. The first-order valence-electron chi connectivity index (χ1n) is 15.4. The molecule has 6 rings (SSSR count). The molecule has 0 spiro atoms. The molecule has 12 heteroatoms. The van der Waals surface area contributed by atoms with Crippen LogP contribution in [-0.2, 0) is 6.54 Å². The average Bonchev–Trinajstić information content (AvgIpc) is 3.55. The molecule has 242 valence electrons. The minimum Gasteiger partial charge on any atom is -0.859 e. The van der Waals surface area contributed by atoms with Crippen LogP contribution >= 0.6 is 24.4 Å². The van der Waals surface area contributed by atoms with Crippen LogP contribution in [0, 0.1) is 23.4 Å². The Labute approximate surface area is 281 Å². The van der Waals surface area contributed by atoms with E-state index in [0.717, 1.165) is 42.6 Å². The molecule has 1 atom stereocenters. The van der Waals surface area contributed by atoms with Crippen molar-refractivity contribution in [2.75, 3.05) is 20.2 Å². The van der Waals surface area contributed by atoms with Crippen molar-refractivity contribution in [3.63, 3.8) is 0 Å². The standard InChI is InChI=1S/C35H35N5O5S2/c1-20-6-11-24(12-7-20)39-32(43)28(30(41)36-34(39)46)27(22-10-15-26(45-3)23(18-22)19-38-16-4-5-17-38)29-31(42)37-35(47)40(33(29)44)25-13-8-21(2)9-14-25/h6-15,18,27,43-44H,4-5,16-17,19H2,1-3H3,(H,36,41,46)(H,37,42,47). The predicted octanol–water partition coefficient (Wildman–Crippen LogP) is 3.87. The van der Waals surface area contributed by atoms with Crippen molar-refractivity contribution in [3.05, 3.63) is 130 Å². The molecule has 3 aromatic carbocycles. The fraction of sp³-hybridized carbons (Fsp3) is 0.257. The van der Waals surface area contributed by atoms with Crippen LogP contribution in [0.15, 0.2) is 76.3 Å². The van der Waals surface area contributed by atoms with Gasteiger partial charge in [-0.1, -0.05) is 41.5 Å². The monoisotopic (exact) mass is 669 g/mol. The molecule has 10 nitrogen and oxygen atoms in total. The van der Waals surface area contributed by atoms with Crippen LogP contribution in [0.1, 0.15) is 52.1 Å². The molecule has 5 aromatic rings. The van der Waals surface area contributed by atoms with Gasteiger partial charge in [0, 0.05) is 29.7 Å². The van der Waals surface area contributed by atoms with E-state index in [1.165, 1.54) is 14.0 Å². The first kappa shape index (κ1) is 32.2. The average molecular weight is 670 g/mol. The maximum Gasteiger partial charge on any atom is 0.259 e. The summed E-state index contributed by atoms with van der Waals surface area (Å²) in [6.45, 7) is 6.51. The van der Waals surface area contributed by atoms with Gasteiger partial charge in [0.15, 0.2) is 9.54 Å². The molecule has 1 fully saturated rings. The lowest BCUT2D eigenvalue weighted by Crippen LogP contribution is -3.08. The molecule has 0 radical (unpaired) electrons. The summed E-state index contributed by atoms with van der Waals surface area (Å²) in [7, 11) is 1.59. The molecule has 1 aliphatic rings. The second-order valence-electron chi connectivity index (χ2n) is 12.0. The van der Waals surface area contributed by atoms with E-state index in [4.69, 9.17) is 29.2 Å². The highest BCUT2D eigenvalue weighted by atomic mass is 32.1. The Balaban J connectivity index is 1.67. The first-order chi connectivity index (χ1) is 22.6. The van der Waals surface area contributed by atoms with Crippen LogP contribution in [0.5, 0.6) is 17.5 Å². The van der Waals surface area contributed by atoms with E-state index in [2.05, 4.69) is 9.97 Å². The van der Waals surface area contributed by atoms with Crippen molar-refractivity contribution in [1.29, 1.82) is 0 Å². The van der Waals surface area contributed by atoms with Gasteiger partial charge in [0.1, 0.15) is 12.3 Å². The van der Waals surface area contributed by atoms with Crippen molar-refractivity contribution >= 4 is 24.4 Å². The maximum absolute atomic E-state index is 14.5. The molecule has 1 unspecified atom stereocenters. The molecule has 2 aromatic heterocycles. The topological polar surface area (TPSA) is 133 Å². The third kappa shape index (κ3) is 6.19. The number of rotatable bonds is 8. The second kappa shape index (κ2) is 13.1. The Morgan fingerprint density at radius 1 is 0.851 bits per heavy atom. The Bertz CT molecular complexity index is 2070. The number of aromatic amines is 2. The summed E-state index contributed by atoms with van der Waals surface area (Å²) >= 11 is 11.0. The second-order valence-corrected chi connectivity index (χ2v) is 12.7. The number of nitrogens with zero attached hydrogens (tertiary/aromatic N) is 2. The van der Waals surface area contributed by atoms with Crippen molar-refractivity contribution in [2.45, 2.75) is 39.2 Å². The van der Waals surface area contributed by atoms with E-state index in [-0.39, 0.29) is 20.7 Å². The summed E-state index contributed by atoms with van der Waals surface area (Å²) in [5, 5.41) is 26.4. The first-order valence-corrected chi connectivity index (χ1v) is 16.2. The van der Waals surface area contributed by atoms with Gasteiger partial charge in [-0.2, -0.15) is 0 Å². The number of likely N-dealkylation sites (tertiary alicyclic amines) is 1. The molecule has 47 heavy (non-hydrogen) atoms. The highest BCUT2D eigenvalue weighted by Gasteiger charge is 2.31. The quantitative estimate of drug-likeness (QED) is 0.185. The third-order valence-electron chi connectivity index (χ3n) is 8.77. The third-order valence-corrected chi connectivity index (χ3v) is 9.34. The maximum atomic E-state index is 14.5. The van der Waals surface area contributed by atoms with Gasteiger partial charge >= 0.3 is 0 Å². The summed E-state index contributed by atoms with van der Waals surface area (Å²) in [5.41, 5.74) is 2.22. The summed E-state index contributed by atoms with van der Waals surface area (Å²) in [4.78, 5) is 34.5. The highest BCUT2D eigenvalue weighted by Crippen LogP contribution is 2.39. The molecule has 4 N–H and O–H groups in total. The Kier molecular flexibility index (Phi) is 9.00. The number of hydrogen-bond acceptors (Lipinski definition) is 7. The Morgan fingerprint density at radius 2 is 1.38 bits per heavy atom. The SMILES string of the molecule is COc1ccc(C(c2c([O-])n(-c3ccc(C)cc3)c(=S)[nH]c2=O)c2c(O)n(-c3ccc(C)cc3)c(=S)[nH]c2=O)cc1C[NH+]1CCCC1. The minimum absolute atomic E-state index is 0.0428. The van der Waals surface area contributed by atoms with Crippen LogP contribution < -0.4 is 25.9 Å². The van der Waals surface area contributed by atoms with Crippen molar-refractivity contribution in [3.8, 4) is 28.9 Å². The largest absolute Gasteiger partial charge is 0.859 e. The zero-order valence-electron chi connectivity index (χ0n) is 26.3. The molecule has 3 heterocycles. The minimum atomic E-state index is -1.31. The predicted molar refractivity (Wildman–Crippen MR) is 183 cm³/mol. The van der Waals surface area contributed by atoms with E-state index >= 15 is 0 Å². The highest BCUT2D eigenvalue weighted by molar-refractivity contribution is 7.71. The lowest BCUT2D eigenvalue weighted by atomic mass is 9.85. The molecule has 0 aliphatic carbocycles. The van der Waals surface area contributed by atoms with Gasteiger partial charge in [-0.05, 0) is 86.1 Å². The summed E-state index contributed by atoms with van der Waals surface area (Å²) in [5.74, 6) is -1.86. The van der Waals surface area contributed by atoms with Crippen LogP contribution in [0.3, 0.4) is 0 Å². The molecule has 0 amide bonds. The normalized spacial score (nSPS) is 13.9. The van der Waals surface area contributed by atoms with Crippen molar-refractivity contribution < 1.29 is 19.8 Å². The number of nitrogens with one attached hydrogen (secondary N) is 3. The van der Waals surface area contributed by atoms with Gasteiger partial charge in [0.2, 0.25) is 5.88 Å². The van der Waals surface area contributed by atoms with Crippen molar-refractivity contribution in [1.82, 2.24) is 19.1 Å². The summed E-state index contributed by atoms with van der Waals surface area (Å²) in [6, 6.07) is 19.7. The molecular weight excluding hydrogens is 635 g/mol. The fourth-order valence-electron chi connectivity index (χ4n) is 6.36. The number of H-pyrrole nitrogens is 2. The number of benzene rings is 3.